The van der Waals surface area contributed by atoms with Crippen LogP contribution < -0.4 is 5.56 Å². The first-order chi connectivity index (χ1) is 6.50. The van der Waals surface area contributed by atoms with E-state index in [1.54, 1.807) is 34.4 Å². The number of aromatic nitrogens is 2. The molecule has 0 spiro atoms. The van der Waals surface area contributed by atoms with Crippen molar-refractivity contribution in [1.82, 2.24) is 9.97 Å². The number of halogens is 1. The van der Waals surface area contributed by atoms with E-state index in [2.05, 4.69) is 23.8 Å². The van der Waals surface area contributed by atoms with Crippen LogP contribution in [0.4, 0.5) is 0 Å². The maximum atomic E-state index is 11.2. The van der Waals surface area contributed by atoms with Gasteiger partial charge in [0.2, 0.25) is 5.88 Å². The average molecular weight is 326 g/mol. The smallest absolute Gasteiger partial charge is 0.268 e. The molecule has 1 aromatic heterocycles. The van der Waals surface area contributed by atoms with E-state index in [0.717, 1.165) is 0 Å². The van der Waals surface area contributed by atoms with E-state index in [-0.39, 0.29) is 15.0 Å². The number of aromatic amines is 1. The monoisotopic (exact) mass is 326 g/mol. The molecule has 1 rings (SSSR count). The normalized spacial score (nSPS) is 10.9. The fraction of sp³-hybridized carbons (Fsp3) is 0.500. The highest BCUT2D eigenvalue weighted by Crippen LogP contribution is 2.16. The number of rotatable bonds is 3. The van der Waals surface area contributed by atoms with Crippen LogP contribution in [-0.4, -0.2) is 20.3 Å². The van der Waals surface area contributed by atoms with E-state index in [1.165, 1.54) is 0 Å². The van der Waals surface area contributed by atoms with Gasteiger partial charge in [-0.25, -0.2) is 0 Å². The Labute approximate surface area is 99.7 Å². The highest BCUT2D eigenvalue weighted by atomic mass is 127. The molecule has 4 nitrogen and oxygen atoms in total. The zero-order valence-electron chi connectivity index (χ0n) is 7.87. The van der Waals surface area contributed by atoms with Gasteiger partial charge < -0.3 is 10.1 Å². The van der Waals surface area contributed by atoms with E-state index in [0.29, 0.717) is 16.8 Å². The highest BCUT2D eigenvalue weighted by molar-refractivity contribution is 14.1. The zero-order valence-corrected chi connectivity index (χ0v) is 10.8. The van der Waals surface area contributed by atoms with Crippen LogP contribution in [-0.2, 0) is 5.75 Å². The van der Waals surface area contributed by atoms with Crippen molar-refractivity contribution in [1.29, 1.82) is 0 Å². The van der Waals surface area contributed by atoms with Gasteiger partial charge >= 0.3 is 0 Å². The molecule has 0 fully saturated rings. The van der Waals surface area contributed by atoms with Crippen LogP contribution in [0.5, 0.6) is 5.88 Å². The minimum atomic E-state index is -0.280. The number of nitrogens with one attached hydrogen (secondary N) is 1. The molecule has 0 radical (unpaired) electrons. The first-order valence-electron chi connectivity index (χ1n) is 4.10. The van der Waals surface area contributed by atoms with Crippen molar-refractivity contribution in [3.63, 3.8) is 0 Å². The molecular formula is C8H11IN2O2S. The van der Waals surface area contributed by atoms with Crippen molar-refractivity contribution in [2.75, 3.05) is 0 Å². The van der Waals surface area contributed by atoms with E-state index in [9.17, 15) is 9.90 Å². The van der Waals surface area contributed by atoms with Crippen LogP contribution in [0.1, 0.15) is 19.7 Å². The molecule has 0 saturated carbocycles. The Morgan fingerprint density at radius 3 is 2.79 bits per heavy atom. The maximum Gasteiger partial charge on any atom is 0.268 e. The van der Waals surface area contributed by atoms with Crippen molar-refractivity contribution in [2.45, 2.75) is 24.9 Å². The number of thioether (sulfide) groups is 1. The Morgan fingerprint density at radius 2 is 2.29 bits per heavy atom. The summed E-state index contributed by atoms with van der Waals surface area (Å²) >= 11 is 3.43. The number of nitrogens with zero attached hydrogens (tertiary/aromatic N) is 1. The summed E-state index contributed by atoms with van der Waals surface area (Å²) in [5.74, 6) is 0.942. The van der Waals surface area contributed by atoms with Gasteiger partial charge in [0, 0.05) is 0 Å². The first-order valence-corrected chi connectivity index (χ1v) is 6.22. The van der Waals surface area contributed by atoms with Gasteiger partial charge in [0.05, 0.1) is 5.75 Å². The summed E-state index contributed by atoms with van der Waals surface area (Å²) in [6.45, 7) is 4.13. The lowest BCUT2D eigenvalue weighted by molar-refractivity contribution is 0.444. The molecule has 0 saturated heterocycles. The molecular weight excluding hydrogens is 315 g/mol. The van der Waals surface area contributed by atoms with Crippen LogP contribution >= 0.6 is 34.4 Å². The second kappa shape index (κ2) is 5.01. The predicted molar refractivity (Wildman–Crippen MR) is 65.7 cm³/mol. The zero-order chi connectivity index (χ0) is 10.7. The largest absolute Gasteiger partial charge is 0.492 e. The van der Waals surface area contributed by atoms with Crippen molar-refractivity contribution in [3.05, 3.63) is 19.7 Å². The van der Waals surface area contributed by atoms with Gasteiger partial charge in [-0.1, -0.05) is 13.8 Å². The molecule has 0 bridgehead atoms. The lowest BCUT2D eigenvalue weighted by Gasteiger charge is -2.04. The molecule has 0 aromatic carbocycles. The molecule has 0 aliphatic rings. The summed E-state index contributed by atoms with van der Waals surface area (Å²) in [5, 5.41) is 9.77. The molecule has 0 unspecified atom stereocenters. The second-order valence-electron chi connectivity index (χ2n) is 3.01. The van der Waals surface area contributed by atoms with Gasteiger partial charge in [-0.15, -0.1) is 0 Å². The fourth-order valence-electron chi connectivity index (χ4n) is 0.806. The van der Waals surface area contributed by atoms with Crippen molar-refractivity contribution in [2.24, 2.45) is 0 Å². The Hall–Kier alpha value is -0.240. The second-order valence-corrected chi connectivity index (χ2v) is 5.65. The van der Waals surface area contributed by atoms with E-state index < -0.39 is 0 Å². The molecule has 0 aliphatic carbocycles. The molecule has 14 heavy (non-hydrogen) atoms. The van der Waals surface area contributed by atoms with Crippen LogP contribution in [0, 0.1) is 3.57 Å². The SMILES string of the molecule is CC(C)SCc1nc(O)c(I)c(=O)[nH]1. The fourth-order valence-corrected chi connectivity index (χ4v) is 1.69. The highest BCUT2D eigenvalue weighted by Gasteiger charge is 2.07. The number of H-pyrrole nitrogens is 1. The molecule has 1 aromatic rings. The summed E-state index contributed by atoms with van der Waals surface area (Å²) in [7, 11) is 0. The number of hydrogen-bond donors (Lipinski definition) is 2. The summed E-state index contributed by atoms with van der Waals surface area (Å²) in [5.41, 5.74) is -0.280. The van der Waals surface area contributed by atoms with Crippen molar-refractivity contribution < 1.29 is 5.11 Å². The summed E-state index contributed by atoms with van der Waals surface area (Å²) < 4.78 is 0.237. The van der Waals surface area contributed by atoms with Gasteiger partial charge in [-0.3, -0.25) is 4.79 Å². The van der Waals surface area contributed by atoms with Crippen LogP contribution in [0.2, 0.25) is 0 Å². The van der Waals surface area contributed by atoms with Crippen molar-refractivity contribution in [3.8, 4) is 5.88 Å². The first kappa shape index (κ1) is 11.8. The maximum absolute atomic E-state index is 11.2. The minimum absolute atomic E-state index is 0.186. The predicted octanol–water partition coefficient (Wildman–Crippen LogP) is 1.72. The van der Waals surface area contributed by atoms with Gasteiger partial charge in [-0.2, -0.15) is 16.7 Å². The molecule has 2 N–H and O–H groups in total. The average Bonchev–Trinajstić information content (AvgIpc) is 2.10. The molecule has 6 heteroatoms. The summed E-state index contributed by atoms with van der Waals surface area (Å²) in [6, 6.07) is 0. The lowest BCUT2D eigenvalue weighted by atomic mass is 10.5. The van der Waals surface area contributed by atoms with E-state index >= 15 is 0 Å². The van der Waals surface area contributed by atoms with Gasteiger partial charge in [-0.05, 0) is 27.8 Å². The third kappa shape index (κ3) is 3.16. The Bertz CT molecular complexity index is 378. The summed E-state index contributed by atoms with van der Waals surface area (Å²) in [4.78, 5) is 17.7. The van der Waals surface area contributed by atoms with Crippen LogP contribution in [0.15, 0.2) is 4.79 Å². The van der Waals surface area contributed by atoms with Gasteiger partial charge in [0.1, 0.15) is 9.39 Å². The van der Waals surface area contributed by atoms with Crippen molar-refractivity contribution >= 4 is 34.4 Å². The summed E-state index contributed by atoms with van der Waals surface area (Å²) in [6.07, 6.45) is 0. The van der Waals surface area contributed by atoms with E-state index in [4.69, 9.17) is 0 Å². The standard InChI is InChI=1S/C8H11IN2O2S/c1-4(2)14-3-5-10-7(12)6(9)8(13)11-5/h4H,3H2,1-2H3,(H2,10,11,12,13). The molecule has 0 atom stereocenters. The number of aromatic hydroxyl groups is 1. The van der Waals surface area contributed by atoms with E-state index in [1.807, 2.05) is 0 Å². The third-order valence-corrected chi connectivity index (χ3v) is 3.53. The minimum Gasteiger partial charge on any atom is -0.492 e. The third-order valence-electron chi connectivity index (χ3n) is 1.45. The van der Waals surface area contributed by atoms with Crippen LogP contribution in [0.25, 0.3) is 0 Å². The quantitative estimate of drug-likeness (QED) is 0.830. The van der Waals surface area contributed by atoms with Gasteiger partial charge in [0.15, 0.2) is 0 Å². The molecule has 0 aliphatic heterocycles. The topological polar surface area (TPSA) is 66.0 Å². The Balaban J connectivity index is 2.85. The lowest BCUT2D eigenvalue weighted by Crippen LogP contribution is -2.14. The number of hydrogen-bond acceptors (Lipinski definition) is 4. The Morgan fingerprint density at radius 1 is 1.64 bits per heavy atom. The van der Waals surface area contributed by atoms with Crippen LogP contribution in [0.3, 0.4) is 0 Å². The molecule has 1 heterocycles. The molecule has 78 valence electrons. The molecule has 0 amide bonds. The van der Waals surface area contributed by atoms with Gasteiger partial charge in [0.25, 0.3) is 5.56 Å². The Kier molecular flexibility index (Phi) is 4.24.